The summed E-state index contributed by atoms with van der Waals surface area (Å²) in [6.07, 6.45) is 11.0. The van der Waals surface area contributed by atoms with Crippen LogP contribution in [0, 0.1) is 0 Å². The van der Waals surface area contributed by atoms with E-state index >= 15 is 0 Å². The van der Waals surface area contributed by atoms with Crippen molar-refractivity contribution in [2.45, 2.75) is 83.7 Å². The molecular weight excluding hydrogens is 376 g/mol. The van der Waals surface area contributed by atoms with Crippen molar-refractivity contribution >= 4 is 12.1 Å². The molecule has 0 N–H and O–H groups in total. The molecule has 29 heavy (non-hydrogen) atoms. The van der Waals surface area contributed by atoms with E-state index in [-0.39, 0.29) is 11.7 Å². The van der Waals surface area contributed by atoms with Gasteiger partial charge in [0.25, 0.3) is 0 Å². The lowest BCUT2D eigenvalue weighted by molar-refractivity contribution is -0.453. The van der Waals surface area contributed by atoms with Crippen LogP contribution in [0.1, 0.15) is 87.9 Å². The molecule has 1 fully saturated rings. The Morgan fingerprint density at radius 1 is 0.897 bits per heavy atom. The van der Waals surface area contributed by atoms with E-state index in [9.17, 15) is 9.59 Å². The molecule has 7 nitrogen and oxygen atoms in total. The van der Waals surface area contributed by atoms with Gasteiger partial charge in [-0.05, 0) is 50.8 Å². The molecule has 0 saturated heterocycles. The van der Waals surface area contributed by atoms with Crippen LogP contribution in [0.3, 0.4) is 0 Å². The lowest BCUT2D eigenvalue weighted by Gasteiger charge is -2.17. The van der Waals surface area contributed by atoms with Crippen molar-refractivity contribution in [2.75, 3.05) is 6.61 Å². The van der Waals surface area contributed by atoms with Gasteiger partial charge in [0, 0.05) is 0 Å². The number of ether oxygens (including phenoxy) is 2. The van der Waals surface area contributed by atoms with Crippen LogP contribution in [-0.2, 0) is 19.6 Å². The minimum atomic E-state index is -1.00. The lowest BCUT2D eigenvalue weighted by Crippen LogP contribution is -2.20. The summed E-state index contributed by atoms with van der Waals surface area (Å²) >= 11 is 0. The number of carbonyl (C=O) groups excluding carboxylic acids is 2. The summed E-state index contributed by atoms with van der Waals surface area (Å²) in [5.74, 6) is -0.268. The molecule has 1 aliphatic rings. The fourth-order valence-corrected chi connectivity index (χ4v) is 3.40. The van der Waals surface area contributed by atoms with Gasteiger partial charge in [0.15, 0.2) is 0 Å². The first kappa shape index (κ1) is 23.0. The fourth-order valence-electron chi connectivity index (χ4n) is 3.40. The average Bonchev–Trinajstić information content (AvgIpc) is 2.70. The summed E-state index contributed by atoms with van der Waals surface area (Å²) in [4.78, 5) is 32.8. The summed E-state index contributed by atoms with van der Waals surface area (Å²) in [7, 11) is 0. The summed E-state index contributed by atoms with van der Waals surface area (Å²) in [6.45, 7) is 2.32. The van der Waals surface area contributed by atoms with Gasteiger partial charge in [0.1, 0.15) is 11.9 Å². The van der Waals surface area contributed by atoms with Gasteiger partial charge < -0.3 is 9.47 Å². The van der Waals surface area contributed by atoms with E-state index in [1.165, 1.54) is 44.2 Å². The smallest absolute Gasteiger partial charge is 0.494 e. The molecule has 0 radical (unpaired) electrons. The number of hydrogen-bond donors (Lipinski definition) is 0. The fraction of sp³-hybridized carbons (Fsp3) is 0.636. The zero-order valence-electron chi connectivity index (χ0n) is 17.2. The lowest BCUT2D eigenvalue weighted by atomic mass is 9.99. The maximum atomic E-state index is 12.0. The van der Waals surface area contributed by atoms with Gasteiger partial charge in [0.05, 0.1) is 17.2 Å². The molecule has 1 aromatic rings. The van der Waals surface area contributed by atoms with Crippen molar-refractivity contribution < 1.29 is 33.9 Å². The first-order valence-electron chi connectivity index (χ1n) is 10.7. The van der Waals surface area contributed by atoms with Crippen molar-refractivity contribution in [3.63, 3.8) is 0 Å². The Morgan fingerprint density at radius 3 is 2.14 bits per heavy atom. The second-order valence-corrected chi connectivity index (χ2v) is 7.23. The minimum Gasteiger partial charge on any atom is -0.494 e. The molecule has 0 spiro atoms. The van der Waals surface area contributed by atoms with Crippen molar-refractivity contribution in [1.29, 1.82) is 0 Å². The Balaban J connectivity index is 1.71. The molecule has 7 heteroatoms. The Bertz CT molecular complexity index is 605. The molecule has 0 bridgehead atoms. The number of hydrogen-bond acceptors (Lipinski definition) is 7. The predicted octanol–water partition coefficient (Wildman–Crippen LogP) is 5.92. The van der Waals surface area contributed by atoms with Crippen LogP contribution in [0.25, 0.3) is 0 Å². The van der Waals surface area contributed by atoms with Gasteiger partial charge in [-0.1, -0.05) is 51.0 Å². The maximum absolute atomic E-state index is 12.0. The standard InChI is InChI=1S/C22H32O7/c1-2-25-20-16-12-13-18(17-20)21(23)27-29-28-22(24)26-19-14-10-8-6-4-3-5-7-9-11-15-19/h12-13,16-17,19H,2-11,14-15H2,1H3. The van der Waals surface area contributed by atoms with Crippen LogP contribution in [0.5, 0.6) is 5.75 Å². The molecule has 0 unspecified atom stereocenters. The van der Waals surface area contributed by atoms with E-state index in [1.807, 2.05) is 6.92 Å². The maximum Gasteiger partial charge on any atom is 0.543 e. The van der Waals surface area contributed by atoms with Crippen molar-refractivity contribution in [2.24, 2.45) is 0 Å². The van der Waals surface area contributed by atoms with Crippen LogP contribution in [-0.4, -0.2) is 24.8 Å². The van der Waals surface area contributed by atoms with Gasteiger partial charge >= 0.3 is 12.1 Å². The second kappa shape index (κ2) is 13.8. The molecule has 2 rings (SSSR count). The zero-order valence-corrected chi connectivity index (χ0v) is 17.2. The van der Waals surface area contributed by atoms with Crippen LogP contribution in [0.2, 0.25) is 0 Å². The van der Waals surface area contributed by atoms with Crippen LogP contribution in [0.4, 0.5) is 4.79 Å². The third kappa shape index (κ3) is 9.65. The second-order valence-electron chi connectivity index (χ2n) is 7.23. The SMILES string of the molecule is CCOc1cccc(C(=O)OOOC(=O)OC2CCCCCCCCCCC2)c1. The quantitative estimate of drug-likeness (QED) is 0.328. The zero-order chi connectivity index (χ0) is 20.7. The van der Waals surface area contributed by atoms with E-state index in [0.717, 1.165) is 38.5 Å². The number of rotatable bonds is 6. The average molecular weight is 408 g/mol. The largest absolute Gasteiger partial charge is 0.543 e. The molecule has 0 aromatic heterocycles. The molecule has 1 saturated carbocycles. The van der Waals surface area contributed by atoms with Gasteiger partial charge in [0.2, 0.25) is 0 Å². The third-order valence-electron chi connectivity index (χ3n) is 4.91. The molecule has 0 aliphatic heterocycles. The Morgan fingerprint density at radius 2 is 1.52 bits per heavy atom. The van der Waals surface area contributed by atoms with E-state index in [2.05, 4.69) is 14.8 Å². The van der Waals surface area contributed by atoms with Crippen LogP contribution >= 0.6 is 0 Å². The predicted molar refractivity (Wildman–Crippen MR) is 106 cm³/mol. The number of benzene rings is 1. The molecule has 0 amide bonds. The Labute approximate surface area is 172 Å². The minimum absolute atomic E-state index is 0.205. The van der Waals surface area contributed by atoms with E-state index in [1.54, 1.807) is 12.1 Å². The van der Waals surface area contributed by atoms with Gasteiger partial charge in [-0.25, -0.2) is 14.5 Å². The monoisotopic (exact) mass is 408 g/mol. The van der Waals surface area contributed by atoms with Gasteiger partial charge in [-0.15, -0.1) is 0 Å². The summed E-state index contributed by atoms with van der Waals surface area (Å²) < 4.78 is 10.7. The van der Waals surface area contributed by atoms with E-state index in [4.69, 9.17) is 9.47 Å². The summed E-state index contributed by atoms with van der Waals surface area (Å²) in [5.41, 5.74) is 0.215. The first-order valence-corrected chi connectivity index (χ1v) is 10.7. The summed E-state index contributed by atoms with van der Waals surface area (Å²) in [5, 5.41) is 4.33. The molecule has 162 valence electrons. The van der Waals surface area contributed by atoms with Crippen molar-refractivity contribution in [3.05, 3.63) is 29.8 Å². The van der Waals surface area contributed by atoms with Gasteiger partial charge in [-0.3, -0.25) is 4.89 Å². The van der Waals surface area contributed by atoms with E-state index in [0.29, 0.717) is 12.4 Å². The highest BCUT2D eigenvalue weighted by Crippen LogP contribution is 2.19. The summed E-state index contributed by atoms with van der Waals surface area (Å²) in [6, 6.07) is 6.42. The normalized spacial score (nSPS) is 16.7. The first-order chi connectivity index (χ1) is 14.2. The molecule has 1 aliphatic carbocycles. The van der Waals surface area contributed by atoms with Gasteiger partial charge in [-0.2, -0.15) is 0 Å². The molecule has 0 atom stereocenters. The number of carbonyl (C=O) groups is 2. The molecule has 1 aromatic carbocycles. The highest BCUT2D eigenvalue weighted by molar-refractivity contribution is 5.89. The topological polar surface area (TPSA) is 80.3 Å². The Hall–Kier alpha value is -2.28. The van der Waals surface area contributed by atoms with E-state index < -0.39 is 12.1 Å². The van der Waals surface area contributed by atoms with Crippen LogP contribution < -0.4 is 4.74 Å². The highest BCUT2D eigenvalue weighted by Gasteiger charge is 2.18. The Kier molecular flexibility index (Phi) is 11.0. The highest BCUT2D eigenvalue weighted by atomic mass is 17.5. The third-order valence-corrected chi connectivity index (χ3v) is 4.91. The van der Waals surface area contributed by atoms with Crippen LogP contribution in [0.15, 0.2) is 24.3 Å². The molecular formula is C22H32O7. The van der Waals surface area contributed by atoms with Crippen molar-refractivity contribution in [1.82, 2.24) is 0 Å². The van der Waals surface area contributed by atoms with Crippen molar-refractivity contribution in [3.8, 4) is 5.75 Å². The molecule has 0 heterocycles.